The van der Waals surface area contributed by atoms with Crippen LogP contribution in [-0.4, -0.2) is 17.3 Å². The third-order valence-electron chi connectivity index (χ3n) is 4.97. The molecule has 3 rings (SSSR count). The van der Waals surface area contributed by atoms with Crippen molar-refractivity contribution in [2.75, 3.05) is 6.61 Å². The van der Waals surface area contributed by atoms with Crippen LogP contribution in [0.3, 0.4) is 0 Å². The molecule has 0 aromatic carbocycles. The Kier molecular flexibility index (Phi) is 3.71. The van der Waals surface area contributed by atoms with E-state index in [1.165, 1.54) is 36.1 Å². The van der Waals surface area contributed by atoms with Gasteiger partial charge in [0.1, 0.15) is 0 Å². The number of aliphatic hydroxyl groups is 1. The van der Waals surface area contributed by atoms with Gasteiger partial charge >= 0.3 is 0 Å². The average molecular weight is 280 g/mol. The van der Waals surface area contributed by atoms with E-state index in [2.05, 4.69) is 19.9 Å². The minimum absolute atomic E-state index is 0.102. The Balaban J connectivity index is 1.74. The van der Waals surface area contributed by atoms with Crippen molar-refractivity contribution in [2.45, 2.75) is 64.1 Å². The van der Waals surface area contributed by atoms with E-state index in [0.29, 0.717) is 5.92 Å². The molecule has 1 aliphatic heterocycles. The Labute approximate surface area is 119 Å². The number of hydrogen-bond acceptors (Lipinski definition) is 3. The van der Waals surface area contributed by atoms with Crippen molar-refractivity contribution in [3.63, 3.8) is 0 Å². The summed E-state index contributed by atoms with van der Waals surface area (Å²) in [5.41, 5.74) is 1.41. The normalized spacial score (nSPS) is 27.8. The maximum absolute atomic E-state index is 10.7. The van der Waals surface area contributed by atoms with Gasteiger partial charge in [-0.25, -0.2) is 0 Å². The molecule has 1 spiro atoms. The van der Waals surface area contributed by atoms with Crippen LogP contribution in [0, 0.1) is 19.8 Å². The Morgan fingerprint density at radius 2 is 2.11 bits per heavy atom. The Morgan fingerprint density at radius 1 is 1.37 bits per heavy atom. The summed E-state index contributed by atoms with van der Waals surface area (Å²) in [6, 6.07) is 2.17. The highest BCUT2D eigenvalue weighted by molar-refractivity contribution is 7.12. The van der Waals surface area contributed by atoms with Crippen LogP contribution in [0.25, 0.3) is 0 Å². The first-order chi connectivity index (χ1) is 9.10. The highest BCUT2D eigenvalue weighted by atomic mass is 32.1. The van der Waals surface area contributed by atoms with Gasteiger partial charge < -0.3 is 9.84 Å². The quantitative estimate of drug-likeness (QED) is 0.882. The summed E-state index contributed by atoms with van der Waals surface area (Å²) >= 11 is 1.76. The summed E-state index contributed by atoms with van der Waals surface area (Å²) in [6.07, 6.45) is 6.72. The van der Waals surface area contributed by atoms with Crippen LogP contribution < -0.4 is 0 Å². The van der Waals surface area contributed by atoms with E-state index in [4.69, 9.17) is 4.74 Å². The van der Waals surface area contributed by atoms with Crippen molar-refractivity contribution in [3.05, 3.63) is 21.4 Å². The predicted molar refractivity (Wildman–Crippen MR) is 78.6 cm³/mol. The van der Waals surface area contributed by atoms with E-state index in [1.807, 2.05) is 0 Å². The number of aliphatic hydroxyl groups excluding tert-OH is 1. The summed E-state index contributed by atoms with van der Waals surface area (Å²) in [4.78, 5) is 2.48. The number of aryl methyl sites for hydroxylation is 2. The molecule has 2 heterocycles. The topological polar surface area (TPSA) is 29.5 Å². The number of thiophene rings is 1. The molecule has 2 unspecified atom stereocenters. The average Bonchev–Trinajstić information content (AvgIpc) is 2.97. The molecule has 1 saturated heterocycles. The van der Waals surface area contributed by atoms with E-state index >= 15 is 0 Å². The largest absolute Gasteiger partial charge is 0.387 e. The fourth-order valence-electron chi connectivity index (χ4n) is 3.68. The Morgan fingerprint density at radius 3 is 2.74 bits per heavy atom. The van der Waals surface area contributed by atoms with Crippen LogP contribution >= 0.6 is 11.3 Å². The van der Waals surface area contributed by atoms with Crippen molar-refractivity contribution < 1.29 is 9.84 Å². The van der Waals surface area contributed by atoms with Crippen LogP contribution in [0.2, 0.25) is 0 Å². The number of hydrogen-bond donors (Lipinski definition) is 1. The molecule has 0 bridgehead atoms. The zero-order chi connectivity index (χ0) is 13.5. The fourth-order valence-corrected chi connectivity index (χ4v) is 4.81. The molecule has 2 aliphatic rings. The summed E-state index contributed by atoms with van der Waals surface area (Å²) < 4.78 is 6.06. The second-order valence-corrected chi connectivity index (χ2v) is 7.61. The zero-order valence-electron chi connectivity index (χ0n) is 11.9. The van der Waals surface area contributed by atoms with Gasteiger partial charge in [-0.2, -0.15) is 0 Å². The minimum atomic E-state index is -0.293. The molecular formula is C16H24O2S. The van der Waals surface area contributed by atoms with Crippen LogP contribution in [0.4, 0.5) is 0 Å². The third-order valence-corrected chi connectivity index (χ3v) is 6.19. The molecule has 1 aromatic rings. The van der Waals surface area contributed by atoms with Crippen molar-refractivity contribution in [3.8, 4) is 0 Å². The molecule has 2 fully saturated rings. The van der Waals surface area contributed by atoms with Gasteiger partial charge in [-0.1, -0.05) is 12.8 Å². The Bertz CT molecular complexity index is 426. The van der Waals surface area contributed by atoms with Gasteiger partial charge in [-0.05, 0) is 57.1 Å². The molecule has 2 atom stereocenters. The van der Waals surface area contributed by atoms with E-state index in [1.54, 1.807) is 11.3 Å². The minimum Gasteiger partial charge on any atom is -0.387 e. The summed E-state index contributed by atoms with van der Waals surface area (Å²) in [5, 5.41) is 10.7. The van der Waals surface area contributed by atoms with Gasteiger partial charge in [0.2, 0.25) is 0 Å². The SMILES string of the molecule is Cc1cc(C(O)C2CCOC3(CCCC3)C2)sc1C. The van der Waals surface area contributed by atoms with Crippen molar-refractivity contribution in [1.82, 2.24) is 0 Å². The van der Waals surface area contributed by atoms with E-state index in [9.17, 15) is 5.11 Å². The Hall–Kier alpha value is -0.380. The van der Waals surface area contributed by atoms with Gasteiger partial charge in [0.15, 0.2) is 0 Å². The van der Waals surface area contributed by atoms with Gasteiger partial charge in [-0.3, -0.25) is 0 Å². The molecule has 1 N–H and O–H groups in total. The molecule has 19 heavy (non-hydrogen) atoms. The molecular weight excluding hydrogens is 256 g/mol. The zero-order valence-corrected chi connectivity index (χ0v) is 12.8. The molecule has 3 heteroatoms. The second kappa shape index (κ2) is 5.19. The van der Waals surface area contributed by atoms with Crippen LogP contribution in [-0.2, 0) is 4.74 Å². The first-order valence-electron chi connectivity index (χ1n) is 7.49. The summed E-state index contributed by atoms with van der Waals surface area (Å²) in [6.45, 7) is 5.09. The number of rotatable bonds is 2. The first-order valence-corrected chi connectivity index (χ1v) is 8.30. The highest BCUT2D eigenvalue weighted by Gasteiger charge is 2.42. The second-order valence-electron chi connectivity index (χ2n) is 6.32. The third kappa shape index (κ3) is 2.61. The first kappa shape index (κ1) is 13.6. The monoisotopic (exact) mass is 280 g/mol. The molecule has 0 amide bonds. The maximum Gasteiger partial charge on any atom is 0.0912 e. The van der Waals surface area contributed by atoms with Crippen molar-refractivity contribution >= 4 is 11.3 Å². The summed E-state index contributed by atoms with van der Waals surface area (Å²) in [5.74, 6) is 0.379. The lowest BCUT2D eigenvalue weighted by Gasteiger charge is -2.39. The number of ether oxygens (including phenoxy) is 1. The lowest BCUT2D eigenvalue weighted by Crippen LogP contribution is -2.39. The van der Waals surface area contributed by atoms with Gasteiger partial charge in [0, 0.05) is 16.4 Å². The molecule has 2 nitrogen and oxygen atoms in total. The van der Waals surface area contributed by atoms with Crippen molar-refractivity contribution in [2.24, 2.45) is 5.92 Å². The standard InChI is InChI=1S/C16H24O2S/c1-11-9-14(19-12(11)2)15(17)13-5-8-18-16(10-13)6-3-4-7-16/h9,13,15,17H,3-8,10H2,1-2H3. The summed E-state index contributed by atoms with van der Waals surface area (Å²) in [7, 11) is 0. The van der Waals surface area contributed by atoms with Gasteiger partial charge in [0.25, 0.3) is 0 Å². The molecule has 106 valence electrons. The highest BCUT2D eigenvalue weighted by Crippen LogP contribution is 2.46. The van der Waals surface area contributed by atoms with Gasteiger partial charge in [-0.15, -0.1) is 11.3 Å². The van der Waals surface area contributed by atoms with Crippen LogP contribution in [0.1, 0.15) is 59.9 Å². The van der Waals surface area contributed by atoms with Crippen molar-refractivity contribution in [1.29, 1.82) is 0 Å². The van der Waals surface area contributed by atoms with E-state index in [-0.39, 0.29) is 11.7 Å². The maximum atomic E-state index is 10.7. The molecule has 1 aromatic heterocycles. The van der Waals surface area contributed by atoms with E-state index in [0.717, 1.165) is 24.3 Å². The molecule has 1 aliphatic carbocycles. The van der Waals surface area contributed by atoms with E-state index < -0.39 is 0 Å². The van der Waals surface area contributed by atoms with Gasteiger partial charge in [0.05, 0.1) is 11.7 Å². The molecule has 1 saturated carbocycles. The molecule has 0 radical (unpaired) electrons. The van der Waals surface area contributed by atoms with Crippen LogP contribution in [0.15, 0.2) is 6.07 Å². The predicted octanol–water partition coefficient (Wildman–Crippen LogP) is 4.14. The van der Waals surface area contributed by atoms with Crippen LogP contribution in [0.5, 0.6) is 0 Å². The lowest BCUT2D eigenvalue weighted by molar-refractivity contribution is -0.113. The smallest absolute Gasteiger partial charge is 0.0912 e. The fraction of sp³-hybridized carbons (Fsp3) is 0.750. The lowest BCUT2D eigenvalue weighted by atomic mass is 9.81.